The third-order valence-corrected chi connectivity index (χ3v) is 4.09. The fourth-order valence-corrected chi connectivity index (χ4v) is 2.75. The Morgan fingerprint density at radius 3 is 2.75 bits per heavy atom. The summed E-state index contributed by atoms with van der Waals surface area (Å²) in [4.78, 5) is 30.0. The van der Waals surface area contributed by atoms with E-state index in [1.807, 2.05) is 13.0 Å². The Hall–Kier alpha value is -2.60. The van der Waals surface area contributed by atoms with Gasteiger partial charge in [0, 0.05) is 29.9 Å². The van der Waals surface area contributed by atoms with Gasteiger partial charge in [0.15, 0.2) is 0 Å². The maximum atomic E-state index is 12.2. The normalized spacial score (nSPS) is 17.0. The molecule has 6 nitrogen and oxygen atoms in total. The average Bonchev–Trinajstić information content (AvgIpc) is 2.90. The van der Waals surface area contributed by atoms with E-state index in [0.717, 1.165) is 11.3 Å². The number of halogens is 1. The summed E-state index contributed by atoms with van der Waals surface area (Å²) < 4.78 is 0. The van der Waals surface area contributed by atoms with Crippen molar-refractivity contribution >= 4 is 35.0 Å². The molecule has 1 fully saturated rings. The van der Waals surface area contributed by atoms with Gasteiger partial charge in [-0.1, -0.05) is 17.7 Å². The first-order chi connectivity index (χ1) is 11.5. The summed E-state index contributed by atoms with van der Waals surface area (Å²) in [6.45, 7) is 2.29. The van der Waals surface area contributed by atoms with Crippen molar-refractivity contribution in [3.8, 4) is 0 Å². The summed E-state index contributed by atoms with van der Waals surface area (Å²) in [6.07, 6.45) is 1.88. The van der Waals surface area contributed by atoms with Gasteiger partial charge in [0.1, 0.15) is 5.82 Å². The summed E-state index contributed by atoms with van der Waals surface area (Å²) >= 11 is 5.87. The molecule has 0 spiro atoms. The Bertz CT molecular complexity index is 763. The molecule has 1 aromatic carbocycles. The first-order valence-electron chi connectivity index (χ1n) is 7.58. The van der Waals surface area contributed by atoms with Crippen LogP contribution in [0.25, 0.3) is 0 Å². The van der Waals surface area contributed by atoms with E-state index >= 15 is 0 Å². The van der Waals surface area contributed by atoms with Crippen LogP contribution in [-0.2, 0) is 4.79 Å². The van der Waals surface area contributed by atoms with Crippen molar-refractivity contribution in [1.29, 1.82) is 0 Å². The second-order valence-corrected chi connectivity index (χ2v) is 6.09. The molecule has 0 radical (unpaired) electrons. The second-order valence-electron chi connectivity index (χ2n) is 5.65. The molecule has 124 valence electrons. The summed E-state index contributed by atoms with van der Waals surface area (Å²) in [5.74, 6) is 0.477. The van der Waals surface area contributed by atoms with Crippen molar-refractivity contribution in [3.63, 3.8) is 0 Å². The van der Waals surface area contributed by atoms with Gasteiger partial charge in [-0.25, -0.2) is 9.78 Å². The van der Waals surface area contributed by atoms with E-state index in [4.69, 9.17) is 11.6 Å². The number of aryl methyl sites for hydroxylation is 1. The number of urea groups is 1. The highest BCUT2D eigenvalue weighted by Crippen LogP contribution is 2.23. The molecule has 3 amide bonds. The highest BCUT2D eigenvalue weighted by atomic mass is 35.5. The minimum atomic E-state index is -0.368. The Balaban J connectivity index is 1.61. The molecule has 2 heterocycles. The molecule has 1 aromatic heterocycles. The molecule has 0 aliphatic carbocycles. The molecular weight excluding hydrogens is 328 g/mol. The number of amides is 3. The van der Waals surface area contributed by atoms with Gasteiger partial charge < -0.3 is 10.2 Å². The Morgan fingerprint density at radius 1 is 1.29 bits per heavy atom. The topological polar surface area (TPSA) is 74.3 Å². The number of nitrogens with zero attached hydrogens (tertiary/aromatic N) is 2. The average molecular weight is 345 g/mol. The van der Waals surface area contributed by atoms with Gasteiger partial charge in [-0.15, -0.1) is 0 Å². The molecule has 7 heteroatoms. The molecular formula is C17H17ClN4O2. The van der Waals surface area contributed by atoms with Crippen LogP contribution in [-0.4, -0.2) is 29.5 Å². The molecule has 3 rings (SSSR count). The molecule has 2 aromatic rings. The van der Waals surface area contributed by atoms with E-state index in [0.29, 0.717) is 17.4 Å². The molecule has 24 heavy (non-hydrogen) atoms. The molecule has 1 aliphatic heterocycles. The maximum absolute atomic E-state index is 12.2. The van der Waals surface area contributed by atoms with Crippen molar-refractivity contribution in [2.45, 2.75) is 19.4 Å². The predicted molar refractivity (Wildman–Crippen MR) is 93.3 cm³/mol. The predicted octanol–water partition coefficient (Wildman–Crippen LogP) is 2.97. The SMILES string of the molecule is Cc1cccnc1NC(=O)N[C@H]1CC(=O)N(c2ccc(Cl)cc2)C1. The third-order valence-electron chi connectivity index (χ3n) is 3.84. The zero-order valence-corrected chi connectivity index (χ0v) is 13.9. The lowest BCUT2D eigenvalue weighted by Gasteiger charge is -2.17. The lowest BCUT2D eigenvalue weighted by Crippen LogP contribution is -2.40. The van der Waals surface area contributed by atoms with Crippen LogP contribution < -0.4 is 15.5 Å². The number of nitrogens with one attached hydrogen (secondary N) is 2. The van der Waals surface area contributed by atoms with Gasteiger partial charge in [0.05, 0.1) is 6.04 Å². The standard InChI is InChI=1S/C17H17ClN4O2/c1-11-3-2-8-19-16(11)21-17(24)20-13-9-15(23)22(10-13)14-6-4-12(18)5-7-14/h2-8,13H,9-10H2,1H3,(H2,19,20,21,24)/t13-/m0/s1. The van der Waals surface area contributed by atoms with E-state index in [1.165, 1.54) is 0 Å². The van der Waals surface area contributed by atoms with E-state index < -0.39 is 0 Å². The number of hydrogen-bond donors (Lipinski definition) is 2. The number of hydrogen-bond acceptors (Lipinski definition) is 3. The van der Waals surface area contributed by atoms with Crippen LogP contribution in [0.5, 0.6) is 0 Å². The lowest BCUT2D eigenvalue weighted by molar-refractivity contribution is -0.117. The molecule has 0 bridgehead atoms. The van der Waals surface area contributed by atoms with Crippen LogP contribution in [0.15, 0.2) is 42.6 Å². The Morgan fingerprint density at radius 2 is 2.04 bits per heavy atom. The number of pyridine rings is 1. The summed E-state index contributed by atoms with van der Waals surface area (Å²) in [6, 6.07) is 10.1. The number of carbonyl (C=O) groups excluding carboxylic acids is 2. The molecule has 2 N–H and O–H groups in total. The van der Waals surface area contributed by atoms with E-state index in [2.05, 4.69) is 15.6 Å². The van der Waals surface area contributed by atoms with Crippen LogP contribution in [0.4, 0.5) is 16.3 Å². The highest BCUT2D eigenvalue weighted by molar-refractivity contribution is 6.30. The van der Waals surface area contributed by atoms with Gasteiger partial charge in [-0.05, 0) is 42.8 Å². The zero-order chi connectivity index (χ0) is 17.1. The van der Waals surface area contributed by atoms with Crippen LogP contribution in [0.2, 0.25) is 5.02 Å². The van der Waals surface area contributed by atoms with Crippen molar-refractivity contribution in [3.05, 3.63) is 53.2 Å². The van der Waals surface area contributed by atoms with Gasteiger partial charge in [-0.3, -0.25) is 10.1 Å². The van der Waals surface area contributed by atoms with Crippen LogP contribution in [0.3, 0.4) is 0 Å². The van der Waals surface area contributed by atoms with Gasteiger partial charge in [-0.2, -0.15) is 0 Å². The smallest absolute Gasteiger partial charge is 0.320 e. The van der Waals surface area contributed by atoms with Crippen molar-refractivity contribution in [1.82, 2.24) is 10.3 Å². The van der Waals surface area contributed by atoms with E-state index in [-0.39, 0.29) is 24.4 Å². The maximum Gasteiger partial charge on any atom is 0.320 e. The molecule has 0 unspecified atom stereocenters. The quantitative estimate of drug-likeness (QED) is 0.899. The van der Waals surface area contributed by atoms with Crippen LogP contribution in [0.1, 0.15) is 12.0 Å². The molecule has 1 aliphatic rings. The van der Waals surface area contributed by atoms with E-state index in [1.54, 1.807) is 41.4 Å². The van der Waals surface area contributed by atoms with Gasteiger partial charge >= 0.3 is 6.03 Å². The first kappa shape index (κ1) is 16.3. The fourth-order valence-electron chi connectivity index (χ4n) is 2.62. The van der Waals surface area contributed by atoms with Crippen LogP contribution >= 0.6 is 11.6 Å². The largest absolute Gasteiger partial charge is 0.333 e. The van der Waals surface area contributed by atoms with Crippen molar-refractivity contribution in [2.75, 3.05) is 16.8 Å². The highest BCUT2D eigenvalue weighted by Gasteiger charge is 2.31. The molecule has 1 saturated heterocycles. The summed E-state index contributed by atoms with van der Waals surface area (Å²) in [7, 11) is 0. The fraction of sp³-hybridized carbons (Fsp3) is 0.235. The Labute approximate surface area is 144 Å². The van der Waals surface area contributed by atoms with Crippen molar-refractivity contribution in [2.24, 2.45) is 0 Å². The van der Waals surface area contributed by atoms with Gasteiger partial charge in [0.25, 0.3) is 0 Å². The van der Waals surface area contributed by atoms with E-state index in [9.17, 15) is 9.59 Å². The number of carbonyl (C=O) groups is 2. The minimum Gasteiger partial charge on any atom is -0.333 e. The lowest BCUT2D eigenvalue weighted by atomic mass is 10.2. The van der Waals surface area contributed by atoms with Crippen molar-refractivity contribution < 1.29 is 9.59 Å². The Kier molecular flexibility index (Phi) is 4.66. The number of anilines is 2. The molecule has 1 atom stereocenters. The third kappa shape index (κ3) is 3.65. The summed E-state index contributed by atoms with van der Waals surface area (Å²) in [5, 5.41) is 6.14. The molecule has 0 saturated carbocycles. The minimum absolute atomic E-state index is 0.0309. The first-order valence-corrected chi connectivity index (χ1v) is 7.96. The second kappa shape index (κ2) is 6.88. The van der Waals surface area contributed by atoms with Crippen LogP contribution in [0, 0.1) is 6.92 Å². The zero-order valence-electron chi connectivity index (χ0n) is 13.1. The van der Waals surface area contributed by atoms with Gasteiger partial charge in [0.2, 0.25) is 5.91 Å². The number of benzene rings is 1. The summed E-state index contributed by atoms with van der Waals surface area (Å²) in [5.41, 5.74) is 1.65. The number of aromatic nitrogens is 1. The number of rotatable bonds is 3. The monoisotopic (exact) mass is 344 g/mol.